The second-order valence-electron chi connectivity index (χ2n) is 16.6. The fourth-order valence-corrected chi connectivity index (χ4v) is 7.13. The Bertz CT molecular complexity index is 1040. The van der Waals surface area contributed by atoms with E-state index in [1.54, 1.807) is 0 Å². The Morgan fingerprint density at radius 1 is 0.542 bits per heavy atom. The highest BCUT2D eigenvalue weighted by Crippen LogP contribution is 2.22. The molecule has 9 heteroatoms. The molecule has 1 heterocycles. The summed E-state index contributed by atoms with van der Waals surface area (Å²) < 4.78 is 22.8. The van der Waals surface area contributed by atoms with Gasteiger partial charge in [-0.15, -0.1) is 0 Å². The van der Waals surface area contributed by atoms with Crippen LogP contribution in [0, 0.1) is 0 Å². The molecule has 0 amide bonds. The van der Waals surface area contributed by atoms with Crippen LogP contribution < -0.4 is 0 Å². The Balaban J connectivity index is 2.23. The number of hydrogen-bond acceptors (Lipinski definition) is 9. The topological polar surface area (TPSA) is 135 Å². The van der Waals surface area contributed by atoms with Gasteiger partial charge in [-0.1, -0.05) is 172 Å². The standard InChI is InChI=1S/C50H90O9/c1-3-5-7-9-11-13-15-17-19-20-21-22-23-24-25-27-29-31-33-35-37-39-46(52)58-44(43-57-50-49(55)48(54)47(53)45(41-51)59-50)42-56-40-38-36-34-32-30-28-26-18-16-14-12-10-8-6-4-2/h10,12,15-18,20-21,44-45,47-51,53-55H,3-9,11,13-14,19,22-43H2,1-2H3/b12-10-,17-15-,18-16-,21-20-. The number of esters is 1. The summed E-state index contributed by atoms with van der Waals surface area (Å²) in [5, 5.41) is 40.2. The number of hydrogen-bond donors (Lipinski definition) is 4. The van der Waals surface area contributed by atoms with Gasteiger partial charge in [0.15, 0.2) is 6.29 Å². The molecule has 1 aliphatic heterocycles. The molecule has 1 saturated heterocycles. The largest absolute Gasteiger partial charge is 0.457 e. The van der Waals surface area contributed by atoms with Crippen LogP contribution in [0.25, 0.3) is 0 Å². The van der Waals surface area contributed by atoms with E-state index in [0.29, 0.717) is 13.0 Å². The second kappa shape index (κ2) is 41.5. The molecule has 1 fully saturated rings. The highest BCUT2D eigenvalue weighted by atomic mass is 16.7. The van der Waals surface area contributed by atoms with E-state index >= 15 is 0 Å². The van der Waals surface area contributed by atoms with Gasteiger partial charge in [0.05, 0.1) is 19.8 Å². The number of carbonyl (C=O) groups is 1. The van der Waals surface area contributed by atoms with Crippen LogP contribution in [0.3, 0.4) is 0 Å². The monoisotopic (exact) mass is 835 g/mol. The summed E-state index contributed by atoms with van der Waals surface area (Å²) in [5.41, 5.74) is 0. The van der Waals surface area contributed by atoms with Crippen LogP contribution in [0.1, 0.15) is 200 Å². The Labute approximate surface area is 361 Å². The van der Waals surface area contributed by atoms with Crippen LogP contribution in [-0.2, 0) is 23.7 Å². The van der Waals surface area contributed by atoms with E-state index in [4.69, 9.17) is 18.9 Å². The van der Waals surface area contributed by atoms with Gasteiger partial charge < -0.3 is 39.4 Å². The number of rotatable bonds is 41. The zero-order chi connectivity index (χ0) is 42.9. The first-order valence-corrected chi connectivity index (χ1v) is 24.2. The minimum atomic E-state index is -1.54. The fraction of sp³-hybridized carbons (Fsp3) is 0.820. The molecule has 6 unspecified atom stereocenters. The van der Waals surface area contributed by atoms with Crippen molar-refractivity contribution >= 4 is 5.97 Å². The molecule has 0 aliphatic carbocycles. The maximum atomic E-state index is 12.8. The molecular weight excluding hydrogens is 745 g/mol. The number of unbranched alkanes of at least 4 members (excludes halogenated alkanes) is 22. The van der Waals surface area contributed by atoms with Crippen molar-refractivity contribution in [2.75, 3.05) is 26.4 Å². The van der Waals surface area contributed by atoms with Gasteiger partial charge in [-0.25, -0.2) is 0 Å². The normalized spacial score (nSPS) is 20.5. The summed E-state index contributed by atoms with van der Waals surface area (Å²) in [6.45, 7) is 4.49. The summed E-state index contributed by atoms with van der Waals surface area (Å²) >= 11 is 0. The minimum absolute atomic E-state index is 0.120. The summed E-state index contributed by atoms with van der Waals surface area (Å²) in [5.74, 6) is -0.322. The molecule has 4 N–H and O–H groups in total. The third-order valence-electron chi connectivity index (χ3n) is 11.0. The highest BCUT2D eigenvalue weighted by molar-refractivity contribution is 5.69. The molecule has 0 aromatic heterocycles. The molecule has 0 spiro atoms. The van der Waals surface area contributed by atoms with Crippen molar-refractivity contribution < 1.29 is 44.2 Å². The molecule has 344 valence electrons. The first-order valence-electron chi connectivity index (χ1n) is 24.2. The van der Waals surface area contributed by atoms with Crippen LogP contribution in [0.4, 0.5) is 0 Å². The summed E-state index contributed by atoms with van der Waals surface area (Å²) in [7, 11) is 0. The van der Waals surface area contributed by atoms with E-state index in [-0.39, 0.29) is 19.2 Å². The molecule has 6 atom stereocenters. The van der Waals surface area contributed by atoms with Crippen LogP contribution in [-0.4, -0.2) is 89.6 Å². The summed E-state index contributed by atoms with van der Waals surface area (Å²) in [4.78, 5) is 12.8. The van der Waals surface area contributed by atoms with Crippen LogP contribution >= 0.6 is 0 Å². The molecule has 9 nitrogen and oxygen atoms in total. The van der Waals surface area contributed by atoms with E-state index in [1.165, 1.54) is 122 Å². The Morgan fingerprint density at radius 3 is 1.51 bits per heavy atom. The number of aliphatic hydroxyl groups is 4. The van der Waals surface area contributed by atoms with E-state index in [1.807, 2.05) is 0 Å². The fourth-order valence-electron chi connectivity index (χ4n) is 7.13. The average Bonchev–Trinajstić information content (AvgIpc) is 3.24. The zero-order valence-electron chi connectivity index (χ0n) is 37.7. The quantitative estimate of drug-likeness (QED) is 0.0270. The zero-order valence-corrected chi connectivity index (χ0v) is 37.7. The van der Waals surface area contributed by atoms with Crippen molar-refractivity contribution in [3.8, 4) is 0 Å². The number of aliphatic hydroxyl groups excluding tert-OH is 4. The van der Waals surface area contributed by atoms with Gasteiger partial charge in [0.25, 0.3) is 0 Å². The molecule has 1 aliphatic rings. The second-order valence-corrected chi connectivity index (χ2v) is 16.6. The lowest BCUT2D eigenvalue weighted by Gasteiger charge is -2.39. The lowest BCUT2D eigenvalue weighted by Crippen LogP contribution is -2.59. The molecule has 0 aromatic carbocycles. The third-order valence-corrected chi connectivity index (χ3v) is 11.0. The van der Waals surface area contributed by atoms with Crippen molar-refractivity contribution in [2.45, 2.75) is 237 Å². The van der Waals surface area contributed by atoms with Gasteiger partial charge in [-0.3, -0.25) is 4.79 Å². The molecular formula is C50H90O9. The first kappa shape index (κ1) is 55.2. The van der Waals surface area contributed by atoms with E-state index in [0.717, 1.165) is 57.8 Å². The lowest BCUT2D eigenvalue weighted by atomic mass is 9.99. The van der Waals surface area contributed by atoms with E-state index in [9.17, 15) is 25.2 Å². The number of carbonyl (C=O) groups excluding carboxylic acids is 1. The SMILES string of the molecule is CCCC/C=C\C/C=C\CCCCCCCCOCC(COC1OC(CO)C(O)C(O)C1O)OC(=O)CCCCCCCCCCC/C=C\C/C=C\CCCCCCC. The first-order chi connectivity index (χ1) is 28.9. The van der Waals surface area contributed by atoms with Crippen molar-refractivity contribution in [3.05, 3.63) is 48.6 Å². The predicted octanol–water partition coefficient (Wildman–Crippen LogP) is 11.3. The van der Waals surface area contributed by atoms with Crippen molar-refractivity contribution in [2.24, 2.45) is 0 Å². The van der Waals surface area contributed by atoms with E-state index < -0.39 is 43.4 Å². The van der Waals surface area contributed by atoms with Crippen molar-refractivity contribution in [1.82, 2.24) is 0 Å². The molecule has 0 bridgehead atoms. The third kappa shape index (κ3) is 32.5. The maximum absolute atomic E-state index is 12.8. The maximum Gasteiger partial charge on any atom is 0.306 e. The van der Waals surface area contributed by atoms with Crippen LogP contribution in [0.5, 0.6) is 0 Å². The van der Waals surface area contributed by atoms with Gasteiger partial charge in [-0.2, -0.15) is 0 Å². The summed E-state index contributed by atoms with van der Waals surface area (Å²) in [6, 6.07) is 0. The van der Waals surface area contributed by atoms with Crippen molar-refractivity contribution in [3.63, 3.8) is 0 Å². The molecule has 0 radical (unpaired) electrons. The molecule has 0 aromatic rings. The lowest BCUT2D eigenvalue weighted by molar-refractivity contribution is -0.305. The number of allylic oxidation sites excluding steroid dienone is 8. The smallest absolute Gasteiger partial charge is 0.306 e. The van der Waals surface area contributed by atoms with Crippen LogP contribution in [0.2, 0.25) is 0 Å². The van der Waals surface area contributed by atoms with Crippen molar-refractivity contribution in [1.29, 1.82) is 0 Å². The Hall–Kier alpha value is -1.85. The summed E-state index contributed by atoms with van der Waals surface area (Å²) in [6.07, 6.45) is 44.2. The Morgan fingerprint density at radius 2 is 1.00 bits per heavy atom. The molecule has 1 rings (SSSR count). The van der Waals surface area contributed by atoms with Gasteiger partial charge in [0.1, 0.15) is 30.5 Å². The number of ether oxygens (including phenoxy) is 4. The molecule has 0 saturated carbocycles. The Kier molecular flexibility index (Phi) is 38.8. The predicted molar refractivity (Wildman–Crippen MR) is 242 cm³/mol. The van der Waals surface area contributed by atoms with Crippen LogP contribution in [0.15, 0.2) is 48.6 Å². The highest BCUT2D eigenvalue weighted by Gasteiger charge is 2.44. The molecule has 59 heavy (non-hydrogen) atoms. The minimum Gasteiger partial charge on any atom is -0.457 e. The van der Waals surface area contributed by atoms with Gasteiger partial charge in [-0.05, 0) is 70.6 Å². The van der Waals surface area contributed by atoms with Gasteiger partial charge >= 0.3 is 5.97 Å². The average molecular weight is 835 g/mol. The van der Waals surface area contributed by atoms with Gasteiger partial charge in [0, 0.05) is 13.0 Å². The van der Waals surface area contributed by atoms with E-state index in [2.05, 4.69) is 62.5 Å². The van der Waals surface area contributed by atoms with Gasteiger partial charge in [0.2, 0.25) is 0 Å².